The van der Waals surface area contributed by atoms with E-state index in [0.29, 0.717) is 6.20 Å². The Bertz CT molecular complexity index is 1060. The number of aromatic nitrogens is 3. The summed E-state index contributed by atoms with van der Waals surface area (Å²) in [5.74, 6) is -1.77. The zero-order valence-electron chi connectivity index (χ0n) is 15.0. The third-order valence-corrected chi connectivity index (χ3v) is 4.12. The van der Waals surface area contributed by atoms with Crippen LogP contribution in [-0.2, 0) is 12.6 Å². The van der Waals surface area contributed by atoms with Crippen LogP contribution in [0.1, 0.15) is 27.3 Å². The van der Waals surface area contributed by atoms with Gasteiger partial charge in [-0.2, -0.15) is 18.3 Å². The fraction of sp³-hybridized carbons (Fsp3) is 0.167. The topological polar surface area (TPSA) is 109 Å². The maximum Gasteiger partial charge on any atom is 0.417 e. The predicted octanol–water partition coefficient (Wildman–Crippen LogP) is 2.71. The molecule has 29 heavy (non-hydrogen) atoms. The first-order valence-electron chi connectivity index (χ1n) is 8.15. The molecular weight excluding hydrogens is 394 g/mol. The molecule has 0 saturated heterocycles. The van der Waals surface area contributed by atoms with E-state index in [1.165, 1.54) is 19.2 Å². The lowest BCUT2D eigenvalue weighted by atomic mass is 10.1. The number of carbonyl (C=O) groups is 1. The molecule has 3 rings (SSSR count). The summed E-state index contributed by atoms with van der Waals surface area (Å²) >= 11 is 0. The molecule has 7 nitrogen and oxygen atoms in total. The van der Waals surface area contributed by atoms with Crippen molar-refractivity contribution < 1.29 is 27.1 Å². The molecule has 1 amide bonds. The number of methoxy groups -OCH3 is 1. The van der Waals surface area contributed by atoms with Crippen molar-refractivity contribution in [1.82, 2.24) is 14.8 Å². The maximum atomic E-state index is 14.4. The Morgan fingerprint density at radius 1 is 1.24 bits per heavy atom. The Labute approximate surface area is 161 Å². The standard InChI is InChI=1S/C18H15F4N5O2/c1-29-13-4-2-3-11(19)15(13)27-16(23)14(17(24)28)12(26-27)7-10-6-5-9(8-25-10)18(20,21)22/h2-6,8H,7,23H2,1H3,(H2,24,28). The first kappa shape index (κ1) is 20.1. The molecule has 0 spiro atoms. The van der Waals surface area contributed by atoms with Gasteiger partial charge in [0, 0.05) is 18.3 Å². The fourth-order valence-electron chi connectivity index (χ4n) is 2.78. The Balaban J connectivity index is 2.07. The van der Waals surface area contributed by atoms with Gasteiger partial charge in [0.05, 0.1) is 18.4 Å². The molecule has 0 saturated carbocycles. The van der Waals surface area contributed by atoms with Crippen LogP contribution in [0.5, 0.6) is 5.75 Å². The van der Waals surface area contributed by atoms with Gasteiger partial charge in [-0.05, 0) is 24.3 Å². The van der Waals surface area contributed by atoms with E-state index >= 15 is 0 Å². The first-order chi connectivity index (χ1) is 13.6. The molecule has 152 valence electrons. The summed E-state index contributed by atoms with van der Waals surface area (Å²) in [5, 5.41) is 4.15. The number of alkyl halides is 3. The number of hydrogen-bond acceptors (Lipinski definition) is 5. The van der Waals surface area contributed by atoms with Crippen LogP contribution in [0.3, 0.4) is 0 Å². The van der Waals surface area contributed by atoms with Crippen LogP contribution in [0.2, 0.25) is 0 Å². The molecule has 0 bridgehead atoms. The van der Waals surface area contributed by atoms with E-state index in [1.807, 2.05) is 0 Å². The summed E-state index contributed by atoms with van der Waals surface area (Å²) in [7, 11) is 1.32. The molecule has 0 aliphatic carbocycles. The van der Waals surface area contributed by atoms with Crippen LogP contribution in [0.4, 0.5) is 23.4 Å². The van der Waals surface area contributed by atoms with Gasteiger partial charge in [0.2, 0.25) is 0 Å². The van der Waals surface area contributed by atoms with Gasteiger partial charge in [-0.25, -0.2) is 9.07 Å². The number of pyridine rings is 1. The highest BCUT2D eigenvalue weighted by molar-refractivity contribution is 5.99. The number of amides is 1. The van der Waals surface area contributed by atoms with Gasteiger partial charge in [0.15, 0.2) is 5.82 Å². The van der Waals surface area contributed by atoms with Gasteiger partial charge in [-0.15, -0.1) is 0 Å². The summed E-state index contributed by atoms with van der Waals surface area (Å²) in [6.07, 6.45) is -4.01. The zero-order chi connectivity index (χ0) is 21.3. The highest BCUT2D eigenvalue weighted by Crippen LogP contribution is 2.31. The van der Waals surface area contributed by atoms with Crippen molar-refractivity contribution in [3.63, 3.8) is 0 Å². The average molecular weight is 409 g/mol. The van der Waals surface area contributed by atoms with Crippen molar-refractivity contribution in [3.05, 3.63) is 64.9 Å². The van der Waals surface area contributed by atoms with E-state index in [1.54, 1.807) is 0 Å². The molecule has 2 heterocycles. The third kappa shape index (κ3) is 3.84. The Kier molecular flexibility index (Phi) is 5.14. The molecule has 0 fully saturated rings. The lowest BCUT2D eigenvalue weighted by Crippen LogP contribution is -2.15. The minimum Gasteiger partial charge on any atom is -0.494 e. The second kappa shape index (κ2) is 7.41. The minimum absolute atomic E-state index is 0.0348. The first-order valence-corrected chi connectivity index (χ1v) is 8.15. The van der Waals surface area contributed by atoms with Crippen LogP contribution in [0, 0.1) is 5.82 Å². The summed E-state index contributed by atoms with van der Waals surface area (Å²) < 4.78 is 58.5. The number of nitrogens with zero attached hydrogens (tertiary/aromatic N) is 3. The van der Waals surface area contributed by atoms with Crippen molar-refractivity contribution in [2.75, 3.05) is 12.8 Å². The van der Waals surface area contributed by atoms with Crippen molar-refractivity contribution >= 4 is 11.7 Å². The highest BCUT2D eigenvalue weighted by atomic mass is 19.4. The number of hydrogen-bond donors (Lipinski definition) is 2. The zero-order valence-corrected chi connectivity index (χ0v) is 15.0. The quantitative estimate of drug-likeness (QED) is 0.630. The van der Waals surface area contributed by atoms with E-state index in [9.17, 15) is 22.4 Å². The summed E-state index contributed by atoms with van der Waals surface area (Å²) in [4.78, 5) is 15.6. The van der Waals surface area contributed by atoms with Crippen molar-refractivity contribution in [2.24, 2.45) is 5.73 Å². The molecule has 0 atom stereocenters. The highest BCUT2D eigenvalue weighted by Gasteiger charge is 2.31. The Hall–Kier alpha value is -3.63. The van der Waals surface area contributed by atoms with Crippen molar-refractivity contribution in [2.45, 2.75) is 12.6 Å². The second-order valence-electron chi connectivity index (χ2n) is 5.99. The normalized spacial score (nSPS) is 11.5. The molecule has 0 radical (unpaired) electrons. The van der Waals surface area contributed by atoms with Crippen LogP contribution in [-0.4, -0.2) is 27.8 Å². The molecular formula is C18H15F4N5O2. The van der Waals surface area contributed by atoms with Gasteiger partial charge in [0.25, 0.3) is 5.91 Å². The molecule has 0 aliphatic heterocycles. The summed E-state index contributed by atoms with van der Waals surface area (Å²) in [6.45, 7) is 0. The van der Waals surface area contributed by atoms with Gasteiger partial charge >= 0.3 is 6.18 Å². The third-order valence-electron chi connectivity index (χ3n) is 4.12. The molecule has 3 aromatic rings. The SMILES string of the molecule is COc1cccc(F)c1-n1nc(Cc2ccc(C(F)(F)F)cn2)c(C(N)=O)c1N. The summed E-state index contributed by atoms with van der Waals surface area (Å²) in [6, 6.07) is 6.04. The molecule has 4 N–H and O–H groups in total. The van der Waals surface area contributed by atoms with Gasteiger partial charge in [-0.3, -0.25) is 9.78 Å². The van der Waals surface area contributed by atoms with Crippen LogP contribution in [0.25, 0.3) is 5.69 Å². The molecule has 2 aromatic heterocycles. The van der Waals surface area contributed by atoms with Gasteiger partial charge in [-0.1, -0.05) is 6.07 Å². The lowest BCUT2D eigenvalue weighted by molar-refractivity contribution is -0.137. The molecule has 0 aliphatic rings. The molecule has 0 unspecified atom stereocenters. The number of anilines is 1. The van der Waals surface area contributed by atoms with Crippen LogP contribution in [0.15, 0.2) is 36.5 Å². The number of rotatable bonds is 5. The van der Waals surface area contributed by atoms with Crippen molar-refractivity contribution in [1.29, 1.82) is 0 Å². The van der Waals surface area contributed by atoms with Crippen molar-refractivity contribution in [3.8, 4) is 11.4 Å². The fourth-order valence-corrected chi connectivity index (χ4v) is 2.78. The monoisotopic (exact) mass is 409 g/mol. The summed E-state index contributed by atoms with van der Waals surface area (Å²) in [5.41, 5.74) is 10.3. The van der Waals surface area contributed by atoms with E-state index in [2.05, 4.69) is 10.1 Å². The average Bonchev–Trinajstić information content (AvgIpc) is 2.96. The second-order valence-corrected chi connectivity index (χ2v) is 5.99. The van der Waals surface area contributed by atoms with E-state index in [-0.39, 0.29) is 40.6 Å². The predicted molar refractivity (Wildman–Crippen MR) is 95.0 cm³/mol. The largest absolute Gasteiger partial charge is 0.494 e. The Morgan fingerprint density at radius 2 is 1.97 bits per heavy atom. The van der Waals surface area contributed by atoms with Gasteiger partial charge in [0.1, 0.15) is 22.8 Å². The number of primary amides is 1. The minimum atomic E-state index is -4.53. The molecule has 1 aromatic carbocycles. The number of nitrogen functional groups attached to an aromatic ring is 1. The maximum absolute atomic E-state index is 14.4. The van der Waals surface area contributed by atoms with Crippen LogP contribution < -0.4 is 16.2 Å². The number of ether oxygens (including phenoxy) is 1. The van der Waals surface area contributed by atoms with E-state index in [4.69, 9.17) is 16.2 Å². The Morgan fingerprint density at radius 3 is 2.52 bits per heavy atom. The number of benzene rings is 1. The van der Waals surface area contributed by atoms with E-state index < -0.39 is 23.5 Å². The number of nitrogens with two attached hydrogens (primary N) is 2. The smallest absolute Gasteiger partial charge is 0.417 e. The van der Waals surface area contributed by atoms with E-state index in [0.717, 1.165) is 22.9 Å². The van der Waals surface area contributed by atoms with Gasteiger partial charge < -0.3 is 16.2 Å². The molecule has 11 heteroatoms. The van der Waals surface area contributed by atoms with Crippen LogP contribution >= 0.6 is 0 Å². The number of carbonyl (C=O) groups excluding carboxylic acids is 1. The number of para-hydroxylation sites is 1. The lowest BCUT2D eigenvalue weighted by Gasteiger charge is -2.10. The number of halogens is 4.